The van der Waals surface area contributed by atoms with E-state index in [0.29, 0.717) is 19.2 Å². The van der Waals surface area contributed by atoms with E-state index in [9.17, 15) is 19.3 Å². The van der Waals surface area contributed by atoms with Crippen LogP contribution in [0.3, 0.4) is 0 Å². The van der Waals surface area contributed by atoms with Crippen LogP contribution in [-0.2, 0) is 4.74 Å². The molecule has 0 N–H and O–H groups in total. The molecule has 1 heterocycles. The van der Waals surface area contributed by atoms with Crippen LogP contribution >= 0.6 is 0 Å². The van der Waals surface area contributed by atoms with Gasteiger partial charge in [-0.15, -0.1) is 0 Å². The topological polar surface area (TPSA) is 96.5 Å². The fraction of sp³-hybridized carbons (Fsp3) is 0.385. The zero-order valence-corrected chi connectivity index (χ0v) is 11.2. The molecule has 0 unspecified atom stereocenters. The Kier molecular flexibility index (Phi) is 4.03. The Labute approximate surface area is 119 Å². The summed E-state index contributed by atoms with van der Waals surface area (Å²) in [7, 11) is 0. The van der Waals surface area contributed by atoms with Gasteiger partial charge in [0.15, 0.2) is 5.82 Å². The maximum Gasteiger partial charge on any atom is 0.345 e. The number of rotatable bonds is 4. The van der Waals surface area contributed by atoms with E-state index in [1.165, 1.54) is 0 Å². The maximum atomic E-state index is 14.0. The minimum absolute atomic E-state index is 0.0585. The van der Waals surface area contributed by atoms with Crippen molar-refractivity contribution >= 4 is 17.3 Å². The summed E-state index contributed by atoms with van der Waals surface area (Å²) >= 11 is 0. The van der Waals surface area contributed by atoms with Crippen molar-refractivity contribution in [3.8, 4) is 6.07 Å². The van der Waals surface area contributed by atoms with Gasteiger partial charge < -0.3 is 9.64 Å². The second-order valence-corrected chi connectivity index (χ2v) is 4.53. The van der Waals surface area contributed by atoms with Gasteiger partial charge in [0.1, 0.15) is 5.56 Å². The van der Waals surface area contributed by atoms with Crippen molar-refractivity contribution in [3.05, 3.63) is 33.6 Å². The molecule has 0 atom stereocenters. The van der Waals surface area contributed by atoms with Gasteiger partial charge in [0.25, 0.3) is 5.69 Å². The number of nitrogens with zero attached hydrogens (tertiary/aromatic N) is 3. The highest BCUT2D eigenvalue weighted by Gasteiger charge is 2.32. The number of nitro groups is 1. The molecule has 1 aromatic carbocycles. The largest absolute Gasteiger partial charge is 0.462 e. The zero-order chi connectivity index (χ0) is 15.6. The number of carbonyl (C=O) groups is 1. The third-order valence-corrected chi connectivity index (χ3v) is 3.16. The van der Waals surface area contributed by atoms with Gasteiger partial charge in [-0.3, -0.25) is 10.1 Å². The molecule has 21 heavy (non-hydrogen) atoms. The third-order valence-electron chi connectivity index (χ3n) is 3.16. The monoisotopic (exact) mass is 293 g/mol. The first-order valence-electron chi connectivity index (χ1n) is 6.27. The Hall–Kier alpha value is -2.69. The van der Waals surface area contributed by atoms with Gasteiger partial charge in [0.2, 0.25) is 0 Å². The normalized spacial score (nSPS) is 14.2. The summed E-state index contributed by atoms with van der Waals surface area (Å²) in [5.74, 6) is -1.88. The van der Waals surface area contributed by atoms with E-state index >= 15 is 0 Å². The molecule has 0 spiro atoms. The minimum Gasteiger partial charge on any atom is -0.462 e. The van der Waals surface area contributed by atoms with E-state index in [2.05, 4.69) is 0 Å². The number of nitriles is 1. The molecule has 110 valence electrons. The number of hydrogen-bond donors (Lipinski definition) is 0. The van der Waals surface area contributed by atoms with Crippen molar-refractivity contribution in [1.29, 1.82) is 5.26 Å². The smallest absolute Gasteiger partial charge is 0.345 e. The van der Waals surface area contributed by atoms with Crippen molar-refractivity contribution in [2.75, 3.05) is 24.6 Å². The van der Waals surface area contributed by atoms with Gasteiger partial charge >= 0.3 is 5.97 Å². The molecule has 0 bridgehead atoms. The molecule has 1 aliphatic heterocycles. The molecule has 1 fully saturated rings. The number of ether oxygens (including phenoxy) is 1. The summed E-state index contributed by atoms with van der Waals surface area (Å²) in [6.45, 7) is 2.28. The molecule has 0 radical (unpaired) electrons. The number of benzene rings is 1. The fourth-order valence-corrected chi connectivity index (χ4v) is 2.07. The summed E-state index contributed by atoms with van der Waals surface area (Å²) in [6.07, 6.45) is 0. The first-order chi connectivity index (χ1) is 9.97. The highest BCUT2D eigenvalue weighted by atomic mass is 19.1. The lowest BCUT2D eigenvalue weighted by molar-refractivity contribution is -0.385. The highest BCUT2D eigenvalue weighted by Crippen LogP contribution is 2.32. The SMILES string of the molecule is CCOC(=O)c1cc(N2CC(C#N)C2)c(F)cc1[N+](=O)[O-]. The van der Waals surface area contributed by atoms with Crippen molar-refractivity contribution in [1.82, 2.24) is 0 Å². The van der Waals surface area contributed by atoms with E-state index < -0.39 is 22.4 Å². The lowest BCUT2D eigenvalue weighted by Gasteiger charge is -2.37. The average molecular weight is 293 g/mol. The van der Waals surface area contributed by atoms with E-state index in [1.54, 1.807) is 11.8 Å². The molecule has 1 aromatic rings. The number of halogens is 1. The molecule has 0 aliphatic carbocycles. The lowest BCUT2D eigenvalue weighted by Crippen LogP contribution is -2.46. The Balaban J connectivity index is 2.40. The molecule has 0 amide bonds. The van der Waals surface area contributed by atoms with E-state index in [-0.39, 0.29) is 23.8 Å². The number of nitro benzene ring substituents is 1. The van der Waals surface area contributed by atoms with Gasteiger partial charge in [-0.25, -0.2) is 9.18 Å². The van der Waals surface area contributed by atoms with E-state index in [1.807, 2.05) is 6.07 Å². The van der Waals surface area contributed by atoms with Crippen molar-refractivity contribution in [3.63, 3.8) is 0 Å². The van der Waals surface area contributed by atoms with Crippen molar-refractivity contribution < 1.29 is 18.8 Å². The first-order valence-corrected chi connectivity index (χ1v) is 6.27. The highest BCUT2D eigenvalue weighted by molar-refractivity contribution is 5.95. The molecule has 2 rings (SSSR count). The quantitative estimate of drug-likeness (QED) is 0.477. The predicted octanol–water partition coefficient (Wildman–Crippen LogP) is 1.87. The third kappa shape index (κ3) is 2.76. The molecule has 1 aliphatic rings. The van der Waals surface area contributed by atoms with Crippen LogP contribution in [0, 0.1) is 33.2 Å². The Morgan fingerprint density at radius 2 is 2.29 bits per heavy atom. The van der Waals surface area contributed by atoms with Gasteiger partial charge in [-0.2, -0.15) is 5.26 Å². The molecular formula is C13H12FN3O4. The number of esters is 1. The minimum atomic E-state index is -0.872. The van der Waals surface area contributed by atoms with Crippen molar-refractivity contribution in [2.24, 2.45) is 5.92 Å². The standard InChI is InChI=1S/C13H12FN3O4/c1-2-21-13(18)9-3-12(16-6-8(5-15)7-16)10(14)4-11(9)17(19)20/h3-4,8H,2,6-7H2,1H3. The fourth-order valence-electron chi connectivity index (χ4n) is 2.07. The second-order valence-electron chi connectivity index (χ2n) is 4.53. The number of carbonyl (C=O) groups excluding carboxylic acids is 1. The van der Waals surface area contributed by atoms with Crippen LogP contribution < -0.4 is 4.90 Å². The molecule has 1 saturated heterocycles. The lowest BCUT2D eigenvalue weighted by atomic mass is 10.00. The van der Waals surface area contributed by atoms with Crippen LogP contribution in [-0.4, -0.2) is 30.6 Å². The van der Waals surface area contributed by atoms with Crippen LogP contribution in [0.1, 0.15) is 17.3 Å². The van der Waals surface area contributed by atoms with Crippen LogP contribution in [0.2, 0.25) is 0 Å². The molecule has 8 heteroatoms. The molecule has 0 saturated carbocycles. The van der Waals surface area contributed by atoms with Crippen LogP contribution in [0.4, 0.5) is 15.8 Å². The number of hydrogen-bond acceptors (Lipinski definition) is 6. The Morgan fingerprint density at radius 3 is 2.81 bits per heavy atom. The Bertz CT molecular complexity index is 635. The first kappa shape index (κ1) is 14.7. The molecule has 7 nitrogen and oxygen atoms in total. The summed E-state index contributed by atoms with van der Waals surface area (Å²) in [6, 6.07) is 3.86. The van der Waals surface area contributed by atoms with Gasteiger partial charge in [0, 0.05) is 13.1 Å². The summed E-state index contributed by atoms with van der Waals surface area (Å²) < 4.78 is 18.7. The predicted molar refractivity (Wildman–Crippen MR) is 70.3 cm³/mol. The Morgan fingerprint density at radius 1 is 1.62 bits per heavy atom. The summed E-state index contributed by atoms with van der Waals surface area (Å²) in [4.78, 5) is 23.4. The number of anilines is 1. The van der Waals surface area contributed by atoms with E-state index in [0.717, 1.165) is 6.07 Å². The van der Waals surface area contributed by atoms with Gasteiger partial charge in [-0.1, -0.05) is 0 Å². The van der Waals surface area contributed by atoms with Crippen LogP contribution in [0.15, 0.2) is 12.1 Å². The summed E-state index contributed by atoms with van der Waals surface area (Å²) in [5.41, 5.74) is -0.860. The van der Waals surface area contributed by atoms with Crippen LogP contribution in [0.25, 0.3) is 0 Å². The average Bonchev–Trinajstić information content (AvgIpc) is 2.38. The van der Waals surface area contributed by atoms with Gasteiger partial charge in [0.05, 0.1) is 35.3 Å². The second kappa shape index (κ2) is 5.75. The summed E-state index contributed by atoms with van der Waals surface area (Å²) in [5, 5.41) is 19.6. The molecular weight excluding hydrogens is 281 g/mol. The zero-order valence-electron chi connectivity index (χ0n) is 11.2. The van der Waals surface area contributed by atoms with Crippen LogP contribution in [0.5, 0.6) is 0 Å². The van der Waals surface area contributed by atoms with E-state index in [4.69, 9.17) is 10.00 Å². The maximum absolute atomic E-state index is 14.0. The van der Waals surface area contributed by atoms with Gasteiger partial charge in [-0.05, 0) is 13.0 Å². The van der Waals surface area contributed by atoms with Crippen molar-refractivity contribution in [2.45, 2.75) is 6.92 Å². The molecule has 0 aromatic heterocycles.